The monoisotopic (exact) mass is 319 g/mol. The predicted octanol–water partition coefficient (Wildman–Crippen LogP) is 3.59. The third kappa shape index (κ3) is 4.73. The van der Waals surface area contributed by atoms with Gasteiger partial charge in [0.05, 0.1) is 17.6 Å². The first kappa shape index (κ1) is 16.3. The van der Waals surface area contributed by atoms with Gasteiger partial charge in [0.1, 0.15) is 5.82 Å². The second kappa shape index (κ2) is 6.79. The number of nitrogens with one attached hydrogen (secondary N) is 2. The minimum atomic E-state index is -3.30. The van der Waals surface area contributed by atoms with Crippen LogP contribution < -0.4 is 10.0 Å². The third-order valence-electron chi connectivity index (χ3n) is 3.01. The molecule has 0 aliphatic rings. The van der Waals surface area contributed by atoms with E-state index in [0.29, 0.717) is 12.2 Å². The molecule has 0 aliphatic carbocycles. The number of hydrogen-bond donors (Lipinski definition) is 2. The SMILES string of the molecule is CCCS(=O)(=O)Nc1ccc(Nc2cc(C)cc(C)c2)cn1. The molecule has 0 spiro atoms. The zero-order valence-electron chi connectivity index (χ0n) is 13.1. The standard InChI is InChI=1S/C16H21N3O2S/c1-4-7-22(20,21)19-16-6-5-14(11-17-16)18-15-9-12(2)8-13(3)10-15/h5-6,8-11,18H,4,7H2,1-3H3,(H,17,19). The molecule has 2 N–H and O–H groups in total. The van der Waals surface area contributed by atoms with Gasteiger partial charge in [-0.3, -0.25) is 4.72 Å². The molecule has 0 fully saturated rings. The first-order valence-electron chi connectivity index (χ1n) is 7.20. The summed E-state index contributed by atoms with van der Waals surface area (Å²) < 4.78 is 25.8. The molecule has 2 aromatic rings. The summed E-state index contributed by atoms with van der Waals surface area (Å²) in [5.74, 6) is 0.427. The van der Waals surface area contributed by atoms with Crippen molar-refractivity contribution in [1.29, 1.82) is 0 Å². The van der Waals surface area contributed by atoms with Crippen LogP contribution in [0.1, 0.15) is 24.5 Å². The second-order valence-electron chi connectivity index (χ2n) is 5.35. The lowest BCUT2D eigenvalue weighted by molar-refractivity contribution is 0.599. The van der Waals surface area contributed by atoms with E-state index < -0.39 is 10.0 Å². The Hall–Kier alpha value is -2.08. The zero-order chi connectivity index (χ0) is 16.2. The molecule has 0 saturated heterocycles. The molecule has 22 heavy (non-hydrogen) atoms. The quantitative estimate of drug-likeness (QED) is 0.853. The molecule has 0 radical (unpaired) electrons. The summed E-state index contributed by atoms with van der Waals surface area (Å²) in [6.07, 6.45) is 2.18. The van der Waals surface area contributed by atoms with Crippen molar-refractivity contribution in [2.45, 2.75) is 27.2 Å². The summed E-state index contributed by atoms with van der Waals surface area (Å²) >= 11 is 0. The van der Waals surface area contributed by atoms with Crippen molar-refractivity contribution >= 4 is 27.2 Å². The summed E-state index contributed by atoms with van der Waals surface area (Å²) in [6, 6.07) is 9.65. The maximum absolute atomic E-state index is 11.7. The Morgan fingerprint density at radius 2 is 1.73 bits per heavy atom. The number of anilines is 3. The van der Waals surface area contributed by atoms with Gasteiger partial charge < -0.3 is 5.32 Å². The summed E-state index contributed by atoms with van der Waals surface area (Å²) in [5.41, 5.74) is 4.15. The van der Waals surface area contributed by atoms with Crippen LogP contribution in [0.15, 0.2) is 36.5 Å². The van der Waals surface area contributed by atoms with E-state index in [1.807, 2.05) is 32.9 Å². The van der Waals surface area contributed by atoms with Gasteiger partial charge in [0.25, 0.3) is 0 Å². The molecule has 0 bridgehead atoms. The molecular weight excluding hydrogens is 298 g/mol. The number of rotatable bonds is 6. The molecule has 0 saturated carbocycles. The van der Waals surface area contributed by atoms with Gasteiger partial charge in [-0.25, -0.2) is 13.4 Å². The average Bonchev–Trinajstić information content (AvgIpc) is 2.39. The van der Waals surface area contributed by atoms with Crippen LogP contribution in [0.2, 0.25) is 0 Å². The normalized spacial score (nSPS) is 11.2. The van der Waals surface area contributed by atoms with Gasteiger partial charge in [0.2, 0.25) is 10.0 Å². The fraction of sp³-hybridized carbons (Fsp3) is 0.312. The molecule has 2 rings (SSSR count). The van der Waals surface area contributed by atoms with Crippen molar-refractivity contribution in [1.82, 2.24) is 4.98 Å². The van der Waals surface area contributed by atoms with Gasteiger partial charge in [0.15, 0.2) is 0 Å². The molecule has 1 aromatic carbocycles. The molecule has 0 aliphatic heterocycles. The van der Waals surface area contributed by atoms with Gasteiger partial charge in [-0.1, -0.05) is 13.0 Å². The van der Waals surface area contributed by atoms with E-state index in [9.17, 15) is 8.42 Å². The molecular formula is C16H21N3O2S. The highest BCUT2D eigenvalue weighted by Gasteiger charge is 2.09. The van der Waals surface area contributed by atoms with Crippen LogP contribution in [-0.2, 0) is 10.0 Å². The van der Waals surface area contributed by atoms with E-state index in [1.54, 1.807) is 18.3 Å². The maximum Gasteiger partial charge on any atom is 0.233 e. The van der Waals surface area contributed by atoms with E-state index in [-0.39, 0.29) is 5.75 Å². The fourth-order valence-corrected chi connectivity index (χ4v) is 3.30. The molecule has 0 atom stereocenters. The van der Waals surface area contributed by atoms with Crippen LogP contribution in [0, 0.1) is 13.8 Å². The summed E-state index contributed by atoms with van der Waals surface area (Å²) in [7, 11) is -3.30. The number of aryl methyl sites for hydroxylation is 2. The molecule has 6 heteroatoms. The first-order valence-corrected chi connectivity index (χ1v) is 8.85. The third-order valence-corrected chi connectivity index (χ3v) is 4.47. The number of aromatic nitrogens is 1. The van der Waals surface area contributed by atoms with Gasteiger partial charge in [-0.2, -0.15) is 0 Å². The topological polar surface area (TPSA) is 71.1 Å². The highest BCUT2D eigenvalue weighted by atomic mass is 32.2. The zero-order valence-corrected chi connectivity index (χ0v) is 13.9. The number of hydrogen-bond acceptors (Lipinski definition) is 4. The Morgan fingerprint density at radius 1 is 1.05 bits per heavy atom. The van der Waals surface area contributed by atoms with Crippen molar-refractivity contribution in [3.05, 3.63) is 47.7 Å². The maximum atomic E-state index is 11.7. The molecule has 5 nitrogen and oxygen atoms in total. The minimum absolute atomic E-state index is 0.0945. The predicted molar refractivity (Wildman–Crippen MR) is 91.1 cm³/mol. The lowest BCUT2D eigenvalue weighted by Gasteiger charge is -2.10. The van der Waals surface area contributed by atoms with E-state index in [2.05, 4.69) is 21.1 Å². The molecule has 0 unspecified atom stereocenters. The van der Waals surface area contributed by atoms with Crippen LogP contribution in [0.3, 0.4) is 0 Å². The molecule has 1 aromatic heterocycles. The van der Waals surface area contributed by atoms with Gasteiger partial charge in [-0.15, -0.1) is 0 Å². The lowest BCUT2D eigenvalue weighted by atomic mass is 10.1. The highest BCUT2D eigenvalue weighted by molar-refractivity contribution is 7.92. The molecule has 1 heterocycles. The summed E-state index contributed by atoms with van der Waals surface area (Å²) in [6.45, 7) is 5.91. The van der Waals surface area contributed by atoms with Crippen molar-refractivity contribution in [3.8, 4) is 0 Å². The van der Waals surface area contributed by atoms with Crippen molar-refractivity contribution in [2.24, 2.45) is 0 Å². The number of benzene rings is 1. The second-order valence-corrected chi connectivity index (χ2v) is 7.20. The average molecular weight is 319 g/mol. The molecule has 0 amide bonds. The van der Waals surface area contributed by atoms with E-state index in [1.165, 1.54) is 11.1 Å². The van der Waals surface area contributed by atoms with Crippen molar-refractivity contribution < 1.29 is 8.42 Å². The van der Waals surface area contributed by atoms with Crippen molar-refractivity contribution in [3.63, 3.8) is 0 Å². The Labute approximate surface area is 131 Å². The van der Waals surface area contributed by atoms with Crippen LogP contribution in [0.25, 0.3) is 0 Å². The Balaban J connectivity index is 2.09. The lowest BCUT2D eigenvalue weighted by Crippen LogP contribution is -2.16. The Bertz CT molecular complexity index is 720. The van der Waals surface area contributed by atoms with Gasteiger partial charge in [-0.05, 0) is 55.7 Å². The van der Waals surface area contributed by atoms with Crippen molar-refractivity contribution in [2.75, 3.05) is 15.8 Å². The smallest absolute Gasteiger partial charge is 0.233 e. The van der Waals surface area contributed by atoms with E-state index >= 15 is 0 Å². The first-order chi connectivity index (χ1) is 10.4. The Morgan fingerprint density at radius 3 is 2.27 bits per heavy atom. The largest absolute Gasteiger partial charge is 0.354 e. The van der Waals surface area contributed by atoms with Crippen LogP contribution in [-0.4, -0.2) is 19.2 Å². The van der Waals surface area contributed by atoms with Gasteiger partial charge >= 0.3 is 0 Å². The number of pyridine rings is 1. The van der Waals surface area contributed by atoms with E-state index in [4.69, 9.17) is 0 Å². The van der Waals surface area contributed by atoms with Crippen LogP contribution in [0.4, 0.5) is 17.2 Å². The number of nitrogens with zero attached hydrogens (tertiary/aromatic N) is 1. The summed E-state index contributed by atoms with van der Waals surface area (Å²) in [4.78, 5) is 4.13. The minimum Gasteiger partial charge on any atom is -0.354 e. The number of sulfonamides is 1. The van der Waals surface area contributed by atoms with Crippen LogP contribution >= 0.6 is 0 Å². The van der Waals surface area contributed by atoms with Gasteiger partial charge in [0, 0.05) is 5.69 Å². The Kier molecular flexibility index (Phi) is 5.03. The summed E-state index contributed by atoms with van der Waals surface area (Å²) in [5, 5.41) is 3.26. The molecule has 118 valence electrons. The highest BCUT2D eigenvalue weighted by Crippen LogP contribution is 2.20. The van der Waals surface area contributed by atoms with Crippen LogP contribution in [0.5, 0.6) is 0 Å². The van der Waals surface area contributed by atoms with E-state index in [0.717, 1.165) is 11.4 Å². The fourth-order valence-electron chi connectivity index (χ4n) is 2.22.